The molecule has 7 nitrogen and oxygen atoms in total. The first-order valence-electron chi connectivity index (χ1n) is 8.46. The number of rotatable bonds is 6. The molecule has 0 atom stereocenters. The van der Waals surface area contributed by atoms with Crippen LogP contribution < -0.4 is 20.3 Å². The number of hydrogen-bond acceptors (Lipinski definition) is 5. The van der Waals surface area contributed by atoms with Crippen LogP contribution in [0.1, 0.15) is 5.56 Å². The van der Waals surface area contributed by atoms with Gasteiger partial charge in [0.25, 0.3) is 5.56 Å². The summed E-state index contributed by atoms with van der Waals surface area (Å²) < 4.78 is 10.5. The highest BCUT2D eigenvalue weighted by Gasteiger charge is 2.05. The summed E-state index contributed by atoms with van der Waals surface area (Å²) in [5.41, 5.74) is 2.44. The van der Waals surface area contributed by atoms with Crippen LogP contribution in [0.3, 0.4) is 0 Å². The fourth-order valence-corrected chi connectivity index (χ4v) is 2.58. The van der Waals surface area contributed by atoms with Crippen LogP contribution >= 0.6 is 0 Å². The molecule has 0 aliphatic heterocycles. The van der Waals surface area contributed by atoms with E-state index in [1.807, 2.05) is 6.07 Å². The molecule has 1 aromatic heterocycles. The van der Waals surface area contributed by atoms with Crippen molar-refractivity contribution in [2.45, 2.75) is 0 Å². The minimum atomic E-state index is -0.295. The molecule has 2 aromatic carbocycles. The molecule has 0 spiro atoms. The molecule has 0 radical (unpaired) electrons. The lowest BCUT2D eigenvalue weighted by Gasteiger charge is -2.07. The van der Waals surface area contributed by atoms with Crippen molar-refractivity contribution in [3.05, 3.63) is 76.6 Å². The fourth-order valence-electron chi connectivity index (χ4n) is 2.58. The highest BCUT2D eigenvalue weighted by molar-refractivity contribution is 6.02. The molecule has 3 aromatic rings. The monoisotopic (exact) mass is 377 g/mol. The van der Waals surface area contributed by atoms with E-state index in [2.05, 4.69) is 15.5 Å². The van der Waals surface area contributed by atoms with Gasteiger partial charge in [0, 0.05) is 29.0 Å². The Balaban J connectivity index is 1.75. The minimum Gasteiger partial charge on any atom is -0.497 e. The number of carbonyl (C=O) groups excluding carboxylic acids is 1. The molecule has 3 rings (SSSR count). The molecule has 0 saturated heterocycles. The second-order valence-electron chi connectivity index (χ2n) is 5.82. The summed E-state index contributed by atoms with van der Waals surface area (Å²) in [6, 6.07) is 15.5. The Kier molecular flexibility index (Phi) is 5.86. The molecule has 1 heterocycles. The van der Waals surface area contributed by atoms with Crippen LogP contribution in [0.2, 0.25) is 0 Å². The van der Waals surface area contributed by atoms with Gasteiger partial charge in [0.1, 0.15) is 11.5 Å². The van der Waals surface area contributed by atoms with E-state index in [1.165, 1.54) is 12.1 Å². The number of aromatic nitrogens is 2. The lowest BCUT2D eigenvalue weighted by molar-refractivity contribution is -0.111. The van der Waals surface area contributed by atoms with Gasteiger partial charge in [-0.25, -0.2) is 5.10 Å². The molecule has 0 aliphatic carbocycles. The zero-order valence-corrected chi connectivity index (χ0v) is 15.4. The molecule has 2 N–H and O–H groups in total. The third kappa shape index (κ3) is 4.64. The van der Waals surface area contributed by atoms with Crippen LogP contribution in [0.5, 0.6) is 11.5 Å². The van der Waals surface area contributed by atoms with Gasteiger partial charge < -0.3 is 14.8 Å². The second kappa shape index (κ2) is 8.68. The van der Waals surface area contributed by atoms with E-state index < -0.39 is 0 Å². The van der Waals surface area contributed by atoms with Gasteiger partial charge in [0.15, 0.2) is 0 Å². The largest absolute Gasteiger partial charge is 0.497 e. The third-order valence-corrected chi connectivity index (χ3v) is 3.96. The molecule has 28 heavy (non-hydrogen) atoms. The zero-order chi connectivity index (χ0) is 19.9. The van der Waals surface area contributed by atoms with Crippen molar-refractivity contribution >= 4 is 17.7 Å². The van der Waals surface area contributed by atoms with Crippen LogP contribution in [0, 0.1) is 0 Å². The minimum absolute atomic E-state index is 0.272. The maximum absolute atomic E-state index is 12.3. The first kappa shape index (κ1) is 18.9. The number of nitrogens with one attached hydrogen (secondary N) is 2. The Hall–Kier alpha value is -3.87. The fraction of sp³-hybridized carbons (Fsp3) is 0.0952. The molecule has 0 aliphatic rings. The molecule has 142 valence electrons. The number of methoxy groups -OCH3 is 2. The Morgan fingerprint density at radius 2 is 1.93 bits per heavy atom. The van der Waals surface area contributed by atoms with Crippen LogP contribution in [0.15, 0.2) is 65.5 Å². The number of anilines is 1. The number of hydrogen-bond donors (Lipinski definition) is 2. The number of aromatic amines is 1. The van der Waals surface area contributed by atoms with Crippen molar-refractivity contribution < 1.29 is 14.3 Å². The van der Waals surface area contributed by atoms with Gasteiger partial charge in [0.2, 0.25) is 5.91 Å². The topological polar surface area (TPSA) is 93.3 Å². The van der Waals surface area contributed by atoms with Gasteiger partial charge in [-0.15, -0.1) is 0 Å². The van der Waals surface area contributed by atoms with E-state index in [9.17, 15) is 9.59 Å². The van der Waals surface area contributed by atoms with Gasteiger partial charge in [-0.05, 0) is 42.5 Å². The van der Waals surface area contributed by atoms with Crippen molar-refractivity contribution in [2.24, 2.45) is 0 Å². The summed E-state index contributed by atoms with van der Waals surface area (Å²) >= 11 is 0. The quantitative estimate of drug-likeness (QED) is 0.644. The highest BCUT2D eigenvalue weighted by atomic mass is 16.5. The predicted octanol–water partition coefficient (Wildman–Crippen LogP) is 3.11. The molecular weight excluding hydrogens is 358 g/mol. The Bertz CT molecular complexity index is 1050. The zero-order valence-electron chi connectivity index (χ0n) is 15.4. The summed E-state index contributed by atoms with van der Waals surface area (Å²) in [6.07, 6.45) is 3.08. The molecule has 1 amide bonds. The number of ether oxygens (including phenoxy) is 2. The third-order valence-electron chi connectivity index (χ3n) is 3.96. The van der Waals surface area contributed by atoms with Crippen molar-refractivity contribution in [3.63, 3.8) is 0 Å². The maximum atomic E-state index is 12.3. The first-order valence-corrected chi connectivity index (χ1v) is 8.46. The molecule has 0 saturated carbocycles. The Labute approximate surface area is 161 Å². The molecule has 0 bridgehead atoms. The number of amides is 1. The second-order valence-corrected chi connectivity index (χ2v) is 5.82. The van der Waals surface area contributed by atoms with E-state index in [4.69, 9.17) is 9.47 Å². The lowest BCUT2D eigenvalue weighted by Crippen LogP contribution is -2.08. The van der Waals surface area contributed by atoms with Crippen LogP contribution in [-0.2, 0) is 4.79 Å². The standard InChI is InChI=1S/C21H19N3O4/c1-27-17-7-9-19(28-2)15(13-17)6-10-20(25)22-16-5-3-4-14(12-16)18-8-11-21(26)24-23-18/h3-13H,1-2H3,(H,22,25)(H,24,26)/b10-6+. The van der Waals surface area contributed by atoms with Gasteiger partial charge in [-0.3, -0.25) is 9.59 Å². The van der Waals surface area contributed by atoms with Gasteiger partial charge in [-0.2, -0.15) is 5.10 Å². The average Bonchev–Trinajstić information content (AvgIpc) is 2.72. The van der Waals surface area contributed by atoms with Crippen molar-refractivity contribution in [1.82, 2.24) is 10.2 Å². The smallest absolute Gasteiger partial charge is 0.264 e. The predicted molar refractivity (Wildman–Crippen MR) is 108 cm³/mol. The normalized spacial score (nSPS) is 10.6. The summed E-state index contributed by atoms with van der Waals surface area (Å²) in [6.45, 7) is 0. The summed E-state index contributed by atoms with van der Waals surface area (Å²) in [4.78, 5) is 23.4. The molecule has 0 unspecified atom stereocenters. The Morgan fingerprint density at radius 3 is 2.64 bits per heavy atom. The van der Waals surface area contributed by atoms with Gasteiger partial charge in [0.05, 0.1) is 19.9 Å². The van der Waals surface area contributed by atoms with Crippen molar-refractivity contribution in [1.29, 1.82) is 0 Å². The van der Waals surface area contributed by atoms with E-state index in [1.54, 1.807) is 62.8 Å². The SMILES string of the molecule is COc1ccc(OC)c(/C=C/C(=O)Nc2cccc(-c3ccc(=O)[nH]n3)c2)c1. The first-order chi connectivity index (χ1) is 13.6. The van der Waals surface area contributed by atoms with Crippen LogP contribution in [0.4, 0.5) is 5.69 Å². The van der Waals surface area contributed by atoms with Crippen molar-refractivity contribution in [2.75, 3.05) is 19.5 Å². The summed E-state index contributed by atoms with van der Waals surface area (Å²) in [5, 5.41) is 9.18. The average molecular weight is 377 g/mol. The van der Waals surface area contributed by atoms with Gasteiger partial charge in [-0.1, -0.05) is 12.1 Å². The summed E-state index contributed by atoms with van der Waals surface area (Å²) in [7, 11) is 3.14. The number of nitrogens with zero attached hydrogens (tertiary/aromatic N) is 1. The number of carbonyl (C=O) groups is 1. The number of benzene rings is 2. The highest BCUT2D eigenvalue weighted by Crippen LogP contribution is 2.25. The maximum Gasteiger partial charge on any atom is 0.264 e. The molecule has 7 heteroatoms. The summed E-state index contributed by atoms with van der Waals surface area (Å²) in [5.74, 6) is 1.01. The van der Waals surface area contributed by atoms with Gasteiger partial charge >= 0.3 is 0 Å². The lowest BCUT2D eigenvalue weighted by atomic mass is 10.1. The van der Waals surface area contributed by atoms with Crippen LogP contribution in [0.25, 0.3) is 17.3 Å². The van der Waals surface area contributed by atoms with Crippen molar-refractivity contribution in [3.8, 4) is 22.8 Å². The van der Waals surface area contributed by atoms with E-state index in [-0.39, 0.29) is 11.5 Å². The van der Waals surface area contributed by atoms with E-state index >= 15 is 0 Å². The molecular formula is C21H19N3O4. The van der Waals surface area contributed by atoms with E-state index in [0.29, 0.717) is 22.9 Å². The number of H-pyrrole nitrogens is 1. The van der Waals surface area contributed by atoms with E-state index in [0.717, 1.165) is 11.1 Å². The van der Waals surface area contributed by atoms with Crippen LogP contribution in [-0.4, -0.2) is 30.3 Å². The Morgan fingerprint density at radius 1 is 1.07 bits per heavy atom. The molecule has 0 fully saturated rings.